The average molecular weight is 366 g/mol. The van der Waals surface area contributed by atoms with Gasteiger partial charge in [0.1, 0.15) is 0 Å². The molecule has 2 fully saturated rings. The topological polar surface area (TPSA) is 23.6 Å². The molecule has 3 nitrogen and oxygen atoms in total. The first-order chi connectivity index (χ1) is 12.4. The number of hydrogen-bond donors (Lipinski definition) is 0. The molecular formula is C20H25F3N2O. The Morgan fingerprint density at radius 3 is 2.38 bits per heavy atom. The summed E-state index contributed by atoms with van der Waals surface area (Å²) in [6.07, 6.45) is 4.53. The summed E-state index contributed by atoms with van der Waals surface area (Å²) in [4.78, 5) is 16.9. The standard InChI is InChI=1S/C20H25F3N2O/c21-20(22,23)17-9-6-16(7-10-17)8-11-19(26)25-14-4-5-18(25)15-24-12-2-1-3-13-24/h6-11,18H,1-5,12-15H2/b11-8+/t18-/m0/s1. The van der Waals surface area contributed by atoms with Gasteiger partial charge in [-0.1, -0.05) is 18.6 Å². The van der Waals surface area contributed by atoms with Crippen molar-refractivity contribution in [1.29, 1.82) is 0 Å². The van der Waals surface area contributed by atoms with Crippen LogP contribution in [0.25, 0.3) is 6.08 Å². The first-order valence-electron chi connectivity index (χ1n) is 9.32. The Morgan fingerprint density at radius 1 is 1.04 bits per heavy atom. The van der Waals surface area contributed by atoms with Gasteiger partial charge in [0.05, 0.1) is 5.56 Å². The number of hydrogen-bond acceptors (Lipinski definition) is 2. The van der Waals surface area contributed by atoms with Crippen LogP contribution in [0.3, 0.4) is 0 Å². The van der Waals surface area contributed by atoms with Crippen molar-refractivity contribution in [1.82, 2.24) is 9.80 Å². The Balaban J connectivity index is 1.58. The molecule has 0 radical (unpaired) electrons. The maximum Gasteiger partial charge on any atom is 0.416 e. The van der Waals surface area contributed by atoms with Crippen molar-refractivity contribution in [2.75, 3.05) is 26.2 Å². The molecule has 6 heteroatoms. The summed E-state index contributed by atoms with van der Waals surface area (Å²) in [5.74, 6) is -0.0515. The molecule has 0 saturated carbocycles. The predicted octanol–water partition coefficient (Wildman–Crippen LogP) is 4.20. The minimum atomic E-state index is -4.34. The summed E-state index contributed by atoms with van der Waals surface area (Å²) in [6.45, 7) is 3.91. The van der Waals surface area contributed by atoms with E-state index in [1.807, 2.05) is 4.90 Å². The summed E-state index contributed by atoms with van der Waals surface area (Å²) in [5.41, 5.74) is -0.0831. The Kier molecular flexibility index (Phi) is 6.01. The summed E-state index contributed by atoms with van der Waals surface area (Å²) >= 11 is 0. The molecular weight excluding hydrogens is 341 g/mol. The zero-order valence-electron chi connectivity index (χ0n) is 14.8. The molecule has 0 unspecified atom stereocenters. The highest BCUT2D eigenvalue weighted by molar-refractivity contribution is 5.92. The highest BCUT2D eigenvalue weighted by Gasteiger charge is 2.30. The van der Waals surface area contributed by atoms with Gasteiger partial charge in [-0.2, -0.15) is 13.2 Å². The summed E-state index contributed by atoms with van der Waals surface area (Å²) in [6, 6.07) is 5.11. The van der Waals surface area contributed by atoms with Crippen molar-refractivity contribution in [2.24, 2.45) is 0 Å². The zero-order valence-corrected chi connectivity index (χ0v) is 14.8. The molecule has 1 amide bonds. The minimum Gasteiger partial charge on any atom is -0.335 e. The van der Waals surface area contributed by atoms with Crippen molar-refractivity contribution in [2.45, 2.75) is 44.3 Å². The lowest BCUT2D eigenvalue weighted by Gasteiger charge is -2.32. The monoisotopic (exact) mass is 366 g/mol. The van der Waals surface area contributed by atoms with E-state index in [0.29, 0.717) is 5.56 Å². The van der Waals surface area contributed by atoms with Crippen molar-refractivity contribution in [3.05, 3.63) is 41.5 Å². The second-order valence-corrected chi connectivity index (χ2v) is 7.14. The highest BCUT2D eigenvalue weighted by atomic mass is 19.4. The minimum absolute atomic E-state index is 0.0515. The number of likely N-dealkylation sites (tertiary alicyclic amines) is 2. The van der Waals surface area contributed by atoms with Crippen molar-refractivity contribution < 1.29 is 18.0 Å². The number of carbonyl (C=O) groups excluding carboxylic acids is 1. The molecule has 1 aromatic carbocycles. The lowest BCUT2D eigenvalue weighted by molar-refractivity contribution is -0.137. The number of benzene rings is 1. The molecule has 0 N–H and O–H groups in total. The highest BCUT2D eigenvalue weighted by Crippen LogP contribution is 2.29. The first-order valence-corrected chi connectivity index (χ1v) is 9.32. The van der Waals surface area contributed by atoms with Gasteiger partial charge in [0.15, 0.2) is 0 Å². The number of halogens is 3. The normalized spacial score (nSPS) is 22.3. The molecule has 2 saturated heterocycles. The molecule has 0 aliphatic carbocycles. The van der Waals surface area contributed by atoms with E-state index >= 15 is 0 Å². The zero-order chi connectivity index (χ0) is 18.6. The van der Waals surface area contributed by atoms with Crippen LogP contribution in [0.2, 0.25) is 0 Å². The van der Waals surface area contributed by atoms with E-state index in [9.17, 15) is 18.0 Å². The molecule has 2 aliphatic heterocycles. The van der Waals surface area contributed by atoms with E-state index in [-0.39, 0.29) is 11.9 Å². The van der Waals surface area contributed by atoms with Crippen LogP contribution in [-0.4, -0.2) is 47.9 Å². The second kappa shape index (κ2) is 8.25. The largest absolute Gasteiger partial charge is 0.416 e. The Hall–Kier alpha value is -1.82. The Labute approximate surface area is 152 Å². The van der Waals surface area contributed by atoms with Gasteiger partial charge in [-0.25, -0.2) is 0 Å². The molecule has 0 spiro atoms. The summed E-state index contributed by atoms with van der Waals surface area (Å²) < 4.78 is 37.8. The summed E-state index contributed by atoms with van der Waals surface area (Å²) in [5, 5.41) is 0. The molecule has 142 valence electrons. The number of nitrogens with zero attached hydrogens (tertiary/aromatic N) is 2. The Bertz CT molecular complexity index is 633. The number of alkyl halides is 3. The van der Waals surface area contributed by atoms with Gasteiger partial charge in [-0.3, -0.25) is 4.79 Å². The molecule has 1 atom stereocenters. The third-order valence-electron chi connectivity index (χ3n) is 5.23. The third kappa shape index (κ3) is 4.87. The van der Waals surface area contributed by atoms with Gasteiger partial charge in [0, 0.05) is 25.2 Å². The lowest BCUT2D eigenvalue weighted by atomic mass is 10.1. The van der Waals surface area contributed by atoms with Crippen molar-refractivity contribution in [3.63, 3.8) is 0 Å². The van der Waals surface area contributed by atoms with Gasteiger partial charge >= 0.3 is 6.18 Å². The van der Waals surface area contributed by atoms with E-state index in [0.717, 1.165) is 51.2 Å². The van der Waals surface area contributed by atoms with E-state index in [1.165, 1.54) is 37.5 Å². The molecule has 26 heavy (non-hydrogen) atoms. The summed E-state index contributed by atoms with van der Waals surface area (Å²) in [7, 11) is 0. The fourth-order valence-electron chi connectivity index (χ4n) is 3.80. The maximum absolute atomic E-state index is 12.6. The van der Waals surface area contributed by atoms with Crippen LogP contribution in [0, 0.1) is 0 Å². The van der Waals surface area contributed by atoms with Crippen LogP contribution in [-0.2, 0) is 11.0 Å². The van der Waals surface area contributed by atoms with Gasteiger partial charge in [0.2, 0.25) is 5.91 Å². The van der Waals surface area contributed by atoms with Crippen LogP contribution in [0.5, 0.6) is 0 Å². The number of piperidine rings is 1. The second-order valence-electron chi connectivity index (χ2n) is 7.14. The van der Waals surface area contributed by atoms with Gasteiger partial charge in [0.25, 0.3) is 0 Å². The molecule has 2 heterocycles. The first kappa shape index (κ1) is 19.0. The van der Waals surface area contributed by atoms with Gasteiger partial charge in [-0.15, -0.1) is 0 Å². The van der Waals surface area contributed by atoms with Crippen LogP contribution < -0.4 is 0 Å². The fourth-order valence-corrected chi connectivity index (χ4v) is 3.80. The molecule has 0 aromatic heterocycles. The van der Waals surface area contributed by atoms with E-state index in [4.69, 9.17) is 0 Å². The smallest absolute Gasteiger partial charge is 0.335 e. The molecule has 2 aliphatic rings. The van der Waals surface area contributed by atoms with Crippen LogP contribution in [0.1, 0.15) is 43.2 Å². The van der Waals surface area contributed by atoms with Crippen molar-refractivity contribution in [3.8, 4) is 0 Å². The van der Waals surface area contributed by atoms with E-state index in [1.54, 1.807) is 6.08 Å². The number of amides is 1. The Morgan fingerprint density at radius 2 is 1.73 bits per heavy atom. The third-order valence-corrected chi connectivity index (χ3v) is 5.23. The van der Waals surface area contributed by atoms with Gasteiger partial charge in [-0.05, 0) is 62.5 Å². The molecule has 1 aromatic rings. The van der Waals surface area contributed by atoms with Crippen LogP contribution in [0.4, 0.5) is 13.2 Å². The fraction of sp³-hybridized carbons (Fsp3) is 0.550. The average Bonchev–Trinajstić information content (AvgIpc) is 3.08. The lowest BCUT2D eigenvalue weighted by Crippen LogP contribution is -2.44. The predicted molar refractivity (Wildman–Crippen MR) is 95.5 cm³/mol. The van der Waals surface area contributed by atoms with Crippen LogP contribution in [0.15, 0.2) is 30.3 Å². The quantitative estimate of drug-likeness (QED) is 0.746. The van der Waals surface area contributed by atoms with Gasteiger partial charge < -0.3 is 9.80 Å². The maximum atomic E-state index is 12.6. The van der Waals surface area contributed by atoms with Crippen molar-refractivity contribution >= 4 is 12.0 Å². The SMILES string of the molecule is O=C(/C=C/c1ccc(C(F)(F)F)cc1)N1CCC[C@H]1CN1CCCCC1. The molecule has 0 bridgehead atoms. The molecule has 3 rings (SSSR count). The van der Waals surface area contributed by atoms with E-state index in [2.05, 4.69) is 4.90 Å². The number of carbonyl (C=O) groups is 1. The van der Waals surface area contributed by atoms with E-state index < -0.39 is 11.7 Å². The van der Waals surface area contributed by atoms with Crippen LogP contribution >= 0.6 is 0 Å². The number of rotatable bonds is 4.